The molecule has 12 rings (SSSR count). The highest BCUT2D eigenvalue weighted by molar-refractivity contribution is 5.93. The van der Waals surface area contributed by atoms with Crippen molar-refractivity contribution in [2.75, 3.05) is 52.9 Å². The molecule has 412 valence electrons. The zero-order chi connectivity index (χ0) is 54.1. The summed E-state index contributed by atoms with van der Waals surface area (Å²) >= 11 is 0. The lowest BCUT2D eigenvalue weighted by molar-refractivity contribution is -0.239. The highest BCUT2D eigenvalue weighted by Crippen LogP contribution is 2.57. The van der Waals surface area contributed by atoms with E-state index in [1.54, 1.807) is 66.7 Å². The van der Waals surface area contributed by atoms with E-state index in [1.807, 2.05) is 54.6 Å². The molecule has 5 unspecified atom stereocenters. The standard InChI is InChI=1S/C61H60O18/c1-59(2)35-61(76-51-23-54(75-58(63)40-11-19-44(20-12-40)67-30-48-34-71-48)53(21-49(51)59)74-57(62)39-9-17-43(18-10-39)66-29-47-33-70-47)36-60(3,4)50-22-55(78-72-25-37-5-13-41(14-6-37)64-27-45-31-68-45)56(24-52(50)77-61)79-73-26-38-7-15-42(16-8-38)65-28-46-32-69-46/h5-24,45-48H,25-36H2,1-4H3. The molecule has 0 aromatic heterocycles. The van der Waals surface area contributed by atoms with Crippen LogP contribution in [0.4, 0.5) is 0 Å². The quantitative estimate of drug-likeness (QED) is 0.0182. The van der Waals surface area contributed by atoms with E-state index in [9.17, 15) is 9.59 Å². The number of ether oxygens (including phenoxy) is 12. The molecule has 18 nitrogen and oxygen atoms in total. The third-order valence-corrected chi connectivity index (χ3v) is 14.1. The van der Waals surface area contributed by atoms with Gasteiger partial charge in [0.15, 0.2) is 11.5 Å². The number of hydrogen-bond acceptors (Lipinski definition) is 18. The van der Waals surface area contributed by atoms with Crippen molar-refractivity contribution in [3.63, 3.8) is 0 Å². The van der Waals surface area contributed by atoms with Crippen LogP contribution in [0.25, 0.3) is 0 Å². The molecule has 1 spiro atoms. The molecule has 0 amide bonds. The zero-order valence-corrected chi connectivity index (χ0v) is 44.2. The highest BCUT2D eigenvalue weighted by atomic mass is 17.2. The number of carbonyl (C=O) groups excluding carboxylic acids is 2. The van der Waals surface area contributed by atoms with E-state index in [0.29, 0.717) is 94.3 Å². The van der Waals surface area contributed by atoms with Gasteiger partial charge in [-0.25, -0.2) is 9.59 Å². The van der Waals surface area contributed by atoms with Crippen molar-refractivity contribution >= 4 is 11.9 Å². The van der Waals surface area contributed by atoms with E-state index < -0.39 is 28.6 Å². The van der Waals surface area contributed by atoms with E-state index in [4.69, 9.17) is 76.4 Å². The van der Waals surface area contributed by atoms with Gasteiger partial charge in [0.05, 0.1) is 37.6 Å². The Morgan fingerprint density at radius 1 is 0.443 bits per heavy atom. The number of epoxide rings is 4. The third kappa shape index (κ3) is 13.1. The van der Waals surface area contributed by atoms with Crippen LogP contribution in [0.5, 0.6) is 57.5 Å². The fraction of sp³-hybridized carbons (Fsp3) is 0.377. The zero-order valence-electron chi connectivity index (χ0n) is 44.2. The Bertz CT molecular complexity index is 3140. The Morgan fingerprint density at radius 2 is 0.759 bits per heavy atom. The van der Waals surface area contributed by atoms with Gasteiger partial charge in [-0.2, -0.15) is 9.78 Å². The molecule has 0 bridgehead atoms. The van der Waals surface area contributed by atoms with Gasteiger partial charge in [-0.3, -0.25) is 0 Å². The summed E-state index contributed by atoms with van der Waals surface area (Å²) in [6.07, 6.45) is 1.16. The lowest BCUT2D eigenvalue weighted by Crippen LogP contribution is -2.55. The minimum atomic E-state index is -1.27. The molecule has 5 atom stereocenters. The lowest BCUT2D eigenvalue weighted by Gasteiger charge is -2.51. The van der Waals surface area contributed by atoms with Crippen LogP contribution in [0.1, 0.15) is 83.5 Å². The number of rotatable bonds is 24. The third-order valence-electron chi connectivity index (χ3n) is 14.1. The molecule has 0 radical (unpaired) electrons. The van der Waals surface area contributed by atoms with Gasteiger partial charge >= 0.3 is 11.9 Å². The predicted molar refractivity (Wildman–Crippen MR) is 280 cm³/mol. The van der Waals surface area contributed by atoms with Crippen LogP contribution in [-0.4, -0.2) is 95.0 Å². The molecular weight excluding hydrogens is 1020 g/mol. The van der Waals surface area contributed by atoms with Gasteiger partial charge < -0.3 is 66.6 Å². The smallest absolute Gasteiger partial charge is 0.343 e. The summed E-state index contributed by atoms with van der Waals surface area (Å²) in [5.41, 5.74) is 2.41. The highest BCUT2D eigenvalue weighted by Gasteiger charge is 2.54. The molecule has 79 heavy (non-hydrogen) atoms. The van der Waals surface area contributed by atoms with Crippen molar-refractivity contribution in [1.82, 2.24) is 0 Å². The monoisotopic (exact) mass is 1080 g/mol. The first-order valence-electron chi connectivity index (χ1n) is 26.4. The number of hydrogen-bond donors (Lipinski definition) is 0. The van der Waals surface area contributed by atoms with Gasteiger partial charge in [-0.15, -0.1) is 0 Å². The Morgan fingerprint density at radius 3 is 1.13 bits per heavy atom. The molecular formula is C61H60O18. The average molecular weight is 1080 g/mol. The Kier molecular flexibility index (Phi) is 14.5. The van der Waals surface area contributed by atoms with Gasteiger partial charge in [0.1, 0.15) is 98.6 Å². The second-order valence-electron chi connectivity index (χ2n) is 21.7. The lowest BCUT2D eigenvalue weighted by atomic mass is 9.69. The van der Waals surface area contributed by atoms with Gasteiger partial charge in [0.2, 0.25) is 11.5 Å². The van der Waals surface area contributed by atoms with Gasteiger partial charge in [0, 0.05) is 46.9 Å². The molecule has 0 aliphatic carbocycles. The van der Waals surface area contributed by atoms with Gasteiger partial charge in [0.25, 0.3) is 5.79 Å². The summed E-state index contributed by atoms with van der Waals surface area (Å²) in [6, 6.07) is 35.1. The first kappa shape index (κ1) is 52.1. The molecule has 4 fully saturated rings. The summed E-state index contributed by atoms with van der Waals surface area (Å²) in [6.45, 7) is 13.1. The van der Waals surface area contributed by atoms with Crippen LogP contribution >= 0.6 is 0 Å². The van der Waals surface area contributed by atoms with Crippen LogP contribution in [0.3, 0.4) is 0 Å². The number of benzene rings is 6. The van der Waals surface area contributed by atoms with Crippen molar-refractivity contribution in [2.45, 2.75) is 94.8 Å². The Labute approximate surface area is 456 Å². The molecule has 0 saturated carbocycles. The normalized spacial score (nSPS) is 22.1. The van der Waals surface area contributed by atoms with Crippen LogP contribution < -0.4 is 47.7 Å². The van der Waals surface area contributed by atoms with Crippen molar-refractivity contribution < 1.29 is 86.0 Å². The van der Waals surface area contributed by atoms with Crippen LogP contribution in [0.15, 0.2) is 121 Å². The summed E-state index contributed by atoms with van der Waals surface area (Å²) in [4.78, 5) is 51.7. The summed E-state index contributed by atoms with van der Waals surface area (Å²) in [5.74, 6) is 1.21. The van der Waals surface area contributed by atoms with Crippen molar-refractivity contribution in [2.24, 2.45) is 0 Å². The predicted octanol–water partition coefficient (Wildman–Crippen LogP) is 9.77. The topological polar surface area (TPSA) is 195 Å². The van der Waals surface area contributed by atoms with Crippen LogP contribution in [0, 0.1) is 0 Å². The number of fused-ring (bicyclic) bond motifs is 2. The first-order chi connectivity index (χ1) is 38.3. The SMILES string of the molecule is CC1(C)CC2(CC(C)(C)c3cc(OC(=O)c4ccc(OCC5CO5)cc4)c(OC(=O)c4ccc(OCC5CO5)cc4)cc3O2)Oc2cc(OOCc3ccc(OCC4CO4)cc3)c(OOCc3ccc(OCC4CO4)cc3)cc21. The van der Waals surface area contributed by atoms with Gasteiger partial charge in [-0.05, 0) is 96.1 Å². The Balaban J connectivity index is 0.807. The van der Waals surface area contributed by atoms with E-state index in [-0.39, 0.29) is 71.8 Å². The molecule has 6 heterocycles. The first-order valence-corrected chi connectivity index (χ1v) is 26.4. The molecule has 0 N–H and O–H groups in total. The van der Waals surface area contributed by atoms with Crippen molar-refractivity contribution in [1.29, 1.82) is 0 Å². The minimum absolute atomic E-state index is 0.0190. The molecule has 6 aliphatic rings. The van der Waals surface area contributed by atoms with E-state index in [0.717, 1.165) is 28.2 Å². The number of esters is 2. The molecule has 6 aliphatic heterocycles. The van der Waals surface area contributed by atoms with E-state index >= 15 is 0 Å². The molecule has 6 aromatic carbocycles. The second kappa shape index (κ2) is 21.9. The summed E-state index contributed by atoms with van der Waals surface area (Å²) in [5, 5.41) is 0. The molecule has 6 aromatic rings. The second-order valence-corrected chi connectivity index (χ2v) is 21.7. The van der Waals surface area contributed by atoms with Crippen molar-refractivity contribution in [3.05, 3.63) is 155 Å². The maximum atomic E-state index is 14.0. The fourth-order valence-electron chi connectivity index (χ4n) is 9.56. The van der Waals surface area contributed by atoms with Crippen LogP contribution in [-0.2, 0) is 52.8 Å². The van der Waals surface area contributed by atoms with Gasteiger partial charge in [-0.1, -0.05) is 52.0 Å². The summed E-state index contributed by atoms with van der Waals surface area (Å²) < 4.78 is 70.5. The molecule has 18 heteroatoms. The fourth-order valence-corrected chi connectivity index (χ4v) is 9.56. The maximum absolute atomic E-state index is 14.0. The largest absolute Gasteiger partial charge is 0.491 e. The average Bonchev–Trinajstić information content (AvgIpc) is 4.21. The van der Waals surface area contributed by atoms with E-state index in [1.165, 1.54) is 0 Å². The molecule has 4 saturated heterocycles. The Hall–Kier alpha value is -7.58. The van der Waals surface area contributed by atoms with Crippen molar-refractivity contribution in [3.8, 4) is 57.5 Å². The number of carbonyl (C=O) groups is 2. The summed E-state index contributed by atoms with van der Waals surface area (Å²) in [7, 11) is 0. The minimum Gasteiger partial charge on any atom is -0.491 e. The van der Waals surface area contributed by atoms with E-state index in [2.05, 4.69) is 27.7 Å². The van der Waals surface area contributed by atoms with Crippen LogP contribution in [0.2, 0.25) is 0 Å². The maximum Gasteiger partial charge on any atom is 0.343 e.